The van der Waals surface area contributed by atoms with E-state index in [1.807, 2.05) is 13.0 Å². The third kappa shape index (κ3) is 4.83. The van der Waals surface area contributed by atoms with Crippen molar-refractivity contribution in [2.75, 3.05) is 20.3 Å². The first-order chi connectivity index (χ1) is 8.45. The maximum absolute atomic E-state index is 5.74. The van der Waals surface area contributed by atoms with Crippen LogP contribution in [0.2, 0.25) is 0 Å². The summed E-state index contributed by atoms with van der Waals surface area (Å²) in [5.74, 6) is 2.06. The SMILES string of the molecule is COCCCNC(C)CC(C)(C)c1ccc(C)o1. The fraction of sp³-hybridized carbons (Fsp3) is 0.733. The fourth-order valence-electron chi connectivity index (χ4n) is 2.30. The molecule has 1 aromatic rings. The van der Waals surface area contributed by atoms with Gasteiger partial charge in [-0.15, -0.1) is 0 Å². The van der Waals surface area contributed by atoms with Crippen LogP contribution in [0.15, 0.2) is 16.5 Å². The lowest BCUT2D eigenvalue weighted by Gasteiger charge is -2.26. The number of ether oxygens (including phenoxy) is 1. The molecule has 0 aromatic carbocycles. The van der Waals surface area contributed by atoms with Crippen LogP contribution in [0.1, 0.15) is 45.1 Å². The molecule has 1 unspecified atom stereocenters. The Hall–Kier alpha value is -0.800. The number of rotatable bonds is 8. The molecular formula is C15H27NO2. The van der Waals surface area contributed by atoms with Gasteiger partial charge in [0, 0.05) is 25.2 Å². The molecular weight excluding hydrogens is 226 g/mol. The Balaban J connectivity index is 2.40. The molecule has 18 heavy (non-hydrogen) atoms. The molecule has 0 aliphatic carbocycles. The molecule has 0 bridgehead atoms. The quantitative estimate of drug-likeness (QED) is 0.722. The van der Waals surface area contributed by atoms with Crippen LogP contribution in [-0.4, -0.2) is 26.3 Å². The molecule has 1 N–H and O–H groups in total. The van der Waals surface area contributed by atoms with E-state index in [9.17, 15) is 0 Å². The molecule has 1 rings (SSSR count). The number of hydrogen-bond donors (Lipinski definition) is 1. The van der Waals surface area contributed by atoms with Gasteiger partial charge in [-0.25, -0.2) is 0 Å². The van der Waals surface area contributed by atoms with E-state index in [4.69, 9.17) is 9.15 Å². The highest BCUT2D eigenvalue weighted by Crippen LogP contribution is 2.29. The molecule has 0 aliphatic heterocycles. The molecule has 104 valence electrons. The number of aryl methyl sites for hydroxylation is 1. The molecule has 0 fully saturated rings. The van der Waals surface area contributed by atoms with Crippen molar-refractivity contribution in [2.24, 2.45) is 0 Å². The van der Waals surface area contributed by atoms with Gasteiger partial charge in [0.05, 0.1) is 0 Å². The largest absolute Gasteiger partial charge is 0.466 e. The second-order valence-corrected chi connectivity index (χ2v) is 5.70. The summed E-state index contributed by atoms with van der Waals surface area (Å²) in [5.41, 5.74) is 0.0714. The van der Waals surface area contributed by atoms with Crippen molar-refractivity contribution in [3.05, 3.63) is 23.7 Å². The highest BCUT2D eigenvalue weighted by molar-refractivity contribution is 5.15. The fourth-order valence-corrected chi connectivity index (χ4v) is 2.30. The first kappa shape index (κ1) is 15.3. The summed E-state index contributed by atoms with van der Waals surface area (Å²) in [6.45, 7) is 10.5. The summed E-state index contributed by atoms with van der Waals surface area (Å²) < 4.78 is 10.8. The molecule has 1 atom stereocenters. The molecule has 0 saturated carbocycles. The smallest absolute Gasteiger partial charge is 0.109 e. The van der Waals surface area contributed by atoms with Crippen LogP contribution >= 0.6 is 0 Å². The lowest BCUT2D eigenvalue weighted by molar-refractivity contribution is 0.192. The Morgan fingerprint density at radius 3 is 2.67 bits per heavy atom. The molecule has 0 amide bonds. The predicted molar refractivity (Wildman–Crippen MR) is 75.0 cm³/mol. The highest BCUT2D eigenvalue weighted by Gasteiger charge is 2.26. The van der Waals surface area contributed by atoms with Crippen LogP contribution in [0.25, 0.3) is 0 Å². The van der Waals surface area contributed by atoms with Gasteiger partial charge < -0.3 is 14.5 Å². The summed E-state index contributed by atoms with van der Waals surface area (Å²) in [5, 5.41) is 3.53. The lowest BCUT2D eigenvalue weighted by atomic mass is 9.83. The first-order valence-electron chi connectivity index (χ1n) is 6.75. The van der Waals surface area contributed by atoms with E-state index in [1.54, 1.807) is 7.11 Å². The zero-order valence-corrected chi connectivity index (χ0v) is 12.4. The van der Waals surface area contributed by atoms with Gasteiger partial charge in [-0.3, -0.25) is 0 Å². The number of nitrogens with one attached hydrogen (secondary N) is 1. The summed E-state index contributed by atoms with van der Waals surface area (Å²) >= 11 is 0. The molecule has 1 aromatic heterocycles. The molecule has 0 radical (unpaired) electrons. The minimum absolute atomic E-state index is 0.0714. The van der Waals surface area contributed by atoms with Gasteiger partial charge in [-0.05, 0) is 45.4 Å². The van der Waals surface area contributed by atoms with Gasteiger partial charge in [0.2, 0.25) is 0 Å². The van der Waals surface area contributed by atoms with Gasteiger partial charge in [0.15, 0.2) is 0 Å². The third-order valence-electron chi connectivity index (χ3n) is 3.24. The van der Waals surface area contributed by atoms with Gasteiger partial charge >= 0.3 is 0 Å². The van der Waals surface area contributed by atoms with Crippen LogP contribution in [0, 0.1) is 6.92 Å². The monoisotopic (exact) mass is 253 g/mol. The van der Waals surface area contributed by atoms with Gasteiger partial charge in [0.1, 0.15) is 11.5 Å². The first-order valence-corrected chi connectivity index (χ1v) is 6.75. The summed E-state index contributed by atoms with van der Waals surface area (Å²) in [7, 11) is 1.74. The summed E-state index contributed by atoms with van der Waals surface area (Å²) in [6.07, 6.45) is 2.12. The van der Waals surface area contributed by atoms with Gasteiger partial charge in [0.25, 0.3) is 0 Å². The average Bonchev–Trinajstić information content (AvgIpc) is 2.71. The lowest BCUT2D eigenvalue weighted by Crippen LogP contribution is -2.34. The molecule has 3 nitrogen and oxygen atoms in total. The van der Waals surface area contributed by atoms with E-state index in [2.05, 4.69) is 32.2 Å². The van der Waals surface area contributed by atoms with E-state index in [0.29, 0.717) is 6.04 Å². The van der Waals surface area contributed by atoms with Crippen molar-refractivity contribution in [1.29, 1.82) is 0 Å². The molecule has 3 heteroatoms. The Kier molecular flexibility index (Phi) is 5.89. The van der Waals surface area contributed by atoms with E-state index in [-0.39, 0.29) is 5.41 Å². The van der Waals surface area contributed by atoms with Crippen molar-refractivity contribution < 1.29 is 9.15 Å². The predicted octanol–water partition coefficient (Wildman–Crippen LogP) is 3.27. The van der Waals surface area contributed by atoms with Crippen molar-refractivity contribution in [1.82, 2.24) is 5.32 Å². The van der Waals surface area contributed by atoms with Crippen molar-refractivity contribution in [3.8, 4) is 0 Å². The van der Waals surface area contributed by atoms with Crippen molar-refractivity contribution in [3.63, 3.8) is 0 Å². The van der Waals surface area contributed by atoms with Crippen molar-refractivity contribution in [2.45, 2.75) is 52.0 Å². The minimum Gasteiger partial charge on any atom is -0.466 e. The standard InChI is InChI=1S/C15H27NO2/c1-12(16-9-6-10-17-5)11-15(3,4)14-8-7-13(2)18-14/h7-8,12,16H,6,9-11H2,1-5H3. The van der Waals surface area contributed by atoms with Crippen LogP contribution in [0.4, 0.5) is 0 Å². The maximum Gasteiger partial charge on any atom is 0.109 e. The second kappa shape index (κ2) is 6.95. The number of methoxy groups -OCH3 is 1. The second-order valence-electron chi connectivity index (χ2n) is 5.70. The minimum atomic E-state index is 0.0714. The maximum atomic E-state index is 5.74. The van der Waals surface area contributed by atoms with E-state index in [0.717, 1.165) is 37.5 Å². The highest BCUT2D eigenvalue weighted by atomic mass is 16.5. The van der Waals surface area contributed by atoms with E-state index < -0.39 is 0 Å². The van der Waals surface area contributed by atoms with Crippen LogP contribution in [0.5, 0.6) is 0 Å². The van der Waals surface area contributed by atoms with E-state index in [1.165, 1.54) is 0 Å². The van der Waals surface area contributed by atoms with Crippen molar-refractivity contribution >= 4 is 0 Å². The number of hydrogen-bond acceptors (Lipinski definition) is 3. The number of furan rings is 1. The normalized spacial score (nSPS) is 13.8. The van der Waals surface area contributed by atoms with E-state index >= 15 is 0 Å². The Bertz CT molecular complexity index is 344. The molecule has 0 spiro atoms. The molecule has 1 heterocycles. The Labute approximate surface area is 111 Å². The van der Waals surface area contributed by atoms with Crippen LogP contribution in [0.3, 0.4) is 0 Å². The molecule has 0 aliphatic rings. The molecule has 0 saturated heterocycles. The zero-order chi connectivity index (χ0) is 13.6. The average molecular weight is 253 g/mol. The Morgan fingerprint density at radius 2 is 2.11 bits per heavy atom. The Morgan fingerprint density at radius 1 is 1.39 bits per heavy atom. The third-order valence-corrected chi connectivity index (χ3v) is 3.24. The van der Waals surface area contributed by atoms with Gasteiger partial charge in [-0.1, -0.05) is 13.8 Å². The topological polar surface area (TPSA) is 34.4 Å². The zero-order valence-electron chi connectivity index (χ0n) is 12.4. The van der Waals surface area contributed by atoms with Crippen LogP contribution < -0.4 is 5.32 Å². The summed E-state index contributed by atoms with van der Waals surface area (Å²) in [6, 6.07) is 4.60. The van der Waals surface area contributed by atoms with Crippen LogP contribution in [-0.2, 0) is 10.2 Å². The van der Waals surface area contributed by atoms with Gasteiger partial charge in [-0.2, -0.15) is 0 Å². The summed E-state index contributed by atoms with van der Waals surface area (Å²) in [4.78, 5) is 0.